The third-order valence-electron chi connectivity index (χ3n) is 15.7. The second-order valence-electron chi connectivity index (χ2n) is 24.7. The first kappa shape index (κ1) is 44.1. The van der Waals surface area contributed by atoms with E-state index in [2.05, 4.69) is 223 Å². The highest BCUT2D eigenvalue weighted by atomic mass is 32.1. The quantitative estimate of drug-likeness (QED) is 0.163. The molecule has 10 rings (SSSR count). The highest BCUT2D eigenvalue weighted by Gasteiger charge is 2.48. The van der Waals surface area contributed by atoms with E-state index in [0.29, 0.717) is 5.92 Å². The lowest BCUT2D eigenvalue weighted by Crippen LogP contribution is -2.61. The number of nitrogens with zero attached hydrogens (tertiary/aromatic N) is 2. The minimum absolute atomic E-state index is 0.0135. The predicted octanol–water partition coefficient (Wildman–Crippen LogP) is 16.1. The SMILES string of the molecule is CC(C)c1ccc(N2c3cccc4c3B(c3cc5c(cc3N4c3ccc(C(C)(C)C)cc3C3C=CC(C(C)(C)C)=CC3)C(C)(C)CCC5(C)C)c3sc4ccc(C(C)(C)C)cc4c32)cc1. The molecule has 1 aromatic heterocycles. The molecule has 334 valence electrons. The monoisotopic (exact) mass is 875 g/mol. The first-order chi connectivity index (χ1) is 30.4. The van der Waals surface area contributed by atoms with Gasteiger partial charge in [-0.1, -0.05) is 165 Å². The van der Waals surface area contributed by atoms with Crippen LogP contribution in [-0.4, -0.2) is 6.71 Å². The molecular formula is C61H71BN2S. The van der Waals surface area contributed by atoms with Crippen molar-refractivity contribution in [1.29, 1.82) is 0 Å². The van der Waals surface area contributed by atoms with Gasteiger partial charge in [0.25, 0.3) is 6.71 Å². The third-order valence-corrected chi connectivity index (χ3v) is 17.0. The number of rotatable bonds is 4. The summed E-state index contributed by atoms with van der Waals surface area (Å²) in [7, 11) is 0. The fourth-order valence-corrected chi connectivity index (χ4v) is 12.7. The van der Waals surface area contributed by atoms with Gasteiger partial charge < -0.3 is 9.80 Å². The van der Waals surface area contributed by atoms with Gasteiger partial charge >= 0.3 is 0 Å². The zero-order valence-corrected chi connectivity index (χ0v) is 42.9. The molecule has 1 unspecified atom stereocenters. The Morgan fingerprint density at radius 3 is 1.86 bits per heavy atom. The van der Waals surface area contributed by atoms with Crippen LogP contribution in [0.2, 0.25) is 0 Å². The van der Waals surface area contributed by atoms with E-state index in [1.54, 1.807) is 0 Å². The minimum Gasteiger partial charge on any atom is -0.311 e. The number of hydrogen-bond donors (Lipinski definition) is 0. The van der Waals surface area contributed by atoms with Crippen molar-refractivity contribution in [2.24, 2.45) is 5.41 Å². The Kier molecular flexibility index (Phi) is 10.1. The van der Waals surface area contributed by atoms with Gasteiger partial charge in [-0.15, -0.1) is 11.3 Å². The molecule has 0 N–H and O–H groups in total. The Balaban J connectivity index is 1.30. The Morgan fingerprint density at radius 1 is 0.646 bits per heavy atom. The molecule has 0 fully saturated rings. The van der Waals surface area contributed by atoms with Gasteiger partial charge in [0.1, 0.15) is 0 Å². The highest BCUT2D eigenvalue weighted by Crippen LogP contribution is 2.53. The van der Waals surface area contributed by atoms with Crippen LogP contribution in [0.5, 0.6) is 0 Å². The van der Waals surface area contributed by atoms with Crippen molar-refractivity contribution in [3.63, 3.8) is 0 Å². The van der Waals surface area contributed by atoms with Gasteiger partial charge in [-0.3, -0.25) is 0 Å². The molecule has 4 heteroatoms. The summed E-state index contributed by atoms with van der Waals surface area (Å²) in [5.74, 6) is 0.721. The van der Waals surface area contributed by atoms with Gasteiger partial charge in [-0.05, 0) is 151 Å². The van der Waals surface area contributed by atoms with Gasteiger partial charge in [0.15, 0.2) is 0 Å². The maximum atomic E-state index is 2.72. The van der Waals surface area contributed by atoms with Crippen LogP contribution in [0.25, 0.3) is 10.1 Å². The molecule has 0 amide bonds. The summed E-state index contributed by atoms with van der Waals surface area (Å²) in [5, 5.41) is 1.36. The second-order valence-corrected chi connectivity index (χ2v) is 25.8. The molecule has 4 aliphatic rings. The lowest BCUT2D eigenvalue weighted by Gasteiger charge is -2.47. The van der Waals surface area contributed by atoms with Crippen molar-refractivity contribution < 1.29 is 0 Å². The van der Waals surface area contributed by atoms with Crippen molar-refractivity contribution >= 4 is 78.0 Å². The molecular weight excluding hydrogens is 804 g/mol. The maximum absolute atomic E-state index is 2.72. The van der Waals surface area contributed by atoms with Gasteiger partial charge in [0, 0.05) is 49.2 Å². The summed E-state index contributed by atoms with van der Waals surface area (Å²) in [6.07, 6.45) is 10.8. The number of hydrogen-bond acceptors (Lipinski definition) is 3. The zero-order valence-electron chi connectivity index (χ0n) is 42.0. The largest absolute Gasteiger partial charge is 0.311 e. The van der Waals surface area contributed by atoms with Crippen LogP contribution in [0.1, 0.15) is 168 Å². The van der Waals surface area contributed by atoms with E-state index in [-0.39, 0.29) is 39.7 Å². The van der Waals surface area contributed by atoms with E-state index in [4.69, 9.17) is 0 Å². The molecule has 2 aliphatic carbocycles. The summed E-state index contributed by atoms with van der Waals surface area (Å²) in [6, 6.07) is 36.8. The maximum Gasteiger partial charge on any atom is 0.264 e. The molecule has 0 radical (unpaired) electrons. The van der Waals surface area contributed by atoms with E-state index >= 15 is 0 Å². The Hall–Kier alpha value is -4.80. The molecule has 6 aromatic rings. The van der Waals surface area contributed by atoms with Crippen LogP contribution in [0, 0.1) is 5.41 Å². The average Bonchev–Trinajstić information content (AvgIpc) is 3.62. The van der Waals surface area contributed by atoms with Crippen LogP contribution in [0.4, 0.5) is 34.1 Å². The number of anilines is 6. The van der Waals surface area contributed by atoms with E-state index in [1.165, 1.54) is 112 Å². The van der Waals surface area contributed by atoms with E-state index < -0.39 is 0 Å². The summed E-state index contributed by atoms with van der Waals surface area (Å²) in [6.45, 7) is 35.8. The van der Waals surface area contributed by atoms with Crippen molar-refractivity contribution in [3.05, 3.63) is 148 Å². The highest BCUT2D eigenvalue weighted by molar-refractivity contribution is 7.33. The number of benzene rings is 5. The number of allylic oxidation sites excluding steroid dienone is 4. The molecule has 0 saturated heterocycles. The summed E-state index contributed by atoms with van der Waals surface area (Å²) in [5.41, 5.74) is 20.9. The number of fused-ring (bicyclic) bond motifs is 7. The first-order valence-corrected chi connectivity index (χ1v) is 25.4. The first-order valence-electron chi connectivity index (χ1n) is 24.6. The molecule has 5 aromatic carbocycles. The molecule has 0 saturated carbocycles. The molecule has 0 bridgehead atoms. The summed E-state index contributed by atoms with van der Waals surface area (Å²) < 4.78 is 2.81. The van der Waals surface area contributed by atoms with Crippen LogP contribution in [0.15, 0.2) is 115 Å². The standard InChI is InChI=1S/C61H71BN2S/c1-37(2)38-21-27-43(28-22-38)63-50-17-16-18-51-54(50)62(56-55(63)45-34-42(59(9,10)11)26-30-53(45)65-56)48-35-46-47(61(14,15)32-31-60(46,12)13)36-52(48)64(51)49-29-25-41(58(6,7)8)33-44(49)39-19-23-40(24-20-39)57(3,4)5/h16-19,21-30,33-37,39H,20,31-32H2,1-15H3. The van der Waals surface area contributed by atoms with Gasteiger partial charge in [-0.2, -0.15) is 0 Å². The van der Waals surface area contributed by atoms with E-state index in [9.17, 15) is 0 Å². The molecule has 1 atom stereocenters. The smallest absolute Gasteiger partial charge is 0.264 e. The molecule has 2 nitrogen and oxygen atoms in total. The van der Waals surface area contributed by atoms with Gasteiger partial charge in [0.05, 0.1) is 5.69 Å². The van der Waals surface area contributed by atoms with Gasteiger partial charge in [0.2, 0.25) is 0 Å². The van der Waals surface area contributed by atoms with E-state index in [1.807, 2.05) is 11.3 Å². The lowest BCUT2D eigenvalue weighted by molar-refractivity contribution is 0.332. The predicted molar refractivity (Wildman–Crippen MR) is 287 cm³/mol. The van der Waals surface area contributed by atoms with E-state index in [0.717, 1.165) is 6.42 Å². The van der Waals surface area contributed by atoms with Crippen LogP contribution >= 0.6 is 11.3 Å². The van der Waals surface area contributed by atoms with Crippen LogP contribution in [-0.2, 0) is 21.7 Å². The fourth-order valence-electron chi connectivity index (χ4n) is 11.4. The number of thiophene rings is 1. The average molecular weight is 875 g/mol. The lowest BCUT2D eigenvalue weighted by atomic mass is 9.35. The minimum atomic E-state index is 0.0135. The topological polar surface area (TPSA) is 6.48 Å². The molecule has 2 aliphatic heterocycles. The van der Waals surface area contributed by atoms with Gasteiger partial charge in [-0.25, -0.2) is 0 Å². The molecule has 0 spiro atoms. The van der Waals surface area contributed by atoms with Crippen molar-refractivity contribution in [2.75, 3.05) is 9.80 Å². The summed E-state index contributed by atoms with van der Waals surface area (Å²) in [4.78, 5) is 5.36. The van der Waals surface area contributed by atoms with Crippen LogP contribution < -0.4 is 25.5 Å². The zero-order chi connectivity index (χ0) is 46.3. The van der Waals surface area contributed by atoms with Crippen molar-refractivity contribution in [2.45, 2.75) is 157 Å². The molecule has 65 heavy (non-hydrogen) atoms. The Bertz CT molecular complexity index is 2950. The van der Waals surface area contributed by atoms with Crippen molar-refractivity contribution in [1.82, 2.24) is 0 Å². The third kappa shape index (κ3) is 7.19. The Morgan fingerprint density at radius 2 is 1.26 bits per heavy atom. The van der Waals surface area contributed by atoms with Crippen molar-refractivity contribution in [3.8, 4) is 0 Å². The Labute approximate surface area is 396 Å². The van der Waals surface area contributed by atoms with Crippen LogP contribution in [0.3, 0.4) is 0 Å². The normalized spacial score (nSPS) is 18.7. The molecule has 3 heterocycles. The summed E-state index contributed by atoms with van der Waals surface area (Å²) >= 11 is 2.02. The fraction of sp³-hybridized carbons (Fsp3) is 0.410. The second kappa shape index (κ2) is 14.9.